The summed E-state index contributed by atoms with van der Waals surface area (Å²) in [6, 6.07) is 5.98. The number of aromatic amines is 1. The number of benzene rings is 1. The number of H-pyrrole nitrogens is 1. The molecule has 3 aliphatic heterocycles. The lowest BCUT2D eigenvalue weighted by atomic mass is 9.84. The normalized spacial score (nSPS) is 29.1. The van der Waals surface area contributed by atoms with Gasteiger partial charge in [0.1, 0.15) is 11.6 Å². The van der Waals surface area contributed by atoms with Crippen LogP contribution in [-0.2, 0) is 20.9 Å². The van der Waals surface area contributed by atoms with E-state index in [1.54, 1.807) is 6.33 Å². The first-order valence-electron chi connectivity index (χ1n) is 11.0. The first-order chi connectivity index (χ1) is 14.6. The van der Waals surface area contributed by atoms with Crippen LogP contribution >= 0.6 is 0 Å². The molecule has 0 spiro atoms. The van der Waals surface area contributed by atoms with Crippen molar-refractivity contribution in [1.82, 2.24) is 25.5 Å². The molecule has 2 aromatic rings. The van der Waals surface area contributed by atoms with Gasteiger partial charge >= 0.3 is 0 Å². The van der Waals surface area contributed by atoms with E-state index >= 15 is 0 Å². The van der Waals surface area contributed by atoms with E-state index in [2.05, 4.69) is 25.5 Å². The van der Waals surface area contributed by atoms with Crippen molar-refractivity contribution in [3.63, 3.8) is 0 Å². The van der Waals surface area contributed by atoms with Gasteiger partial charge in [-0.1, -0.05) is 6.07 Å². The first kappa shape index (κ1) is 19.5. The van der Waals surface area contributed by atoms with Crippen LogP contribution in [0.25, 0.3) is 11.0 Å². The van der Waals surface area contributed by atoms with E-state index in [0.29, 0.717) is 19.6 Å². The van der Waals surface area contributed by atoms with E-state index in [1.807, 2.05) is 18.2 Å². The molecule has 8 nitrogen and oxygen atoms in total. The van der Waals surface area contributed by atoms with Crippen molar-refractivity contribution in [2.75, 3.05) is 19.7 Å². The fourth-order valence-corrected chi connectivity index (χ4v) is 5.29. The van der Waals surface area contributed by atoms with Crippen molar-refractivity contribution < 1.29 is 14.3 Å². The maximum Gasteiger partial charge on any atom is 0.249 e. The number of carbonyl (C=O) groups is 2. The molecule has 3 saturated heterocycles. The van der Waals surface area contributed by atoms with Gasteiger partial charge in [0.15, 0.2) is 0 Å². The summed E-state index contributed by atoms with van der Waals surface area (Å²) in [7, 11) is 0. The zero-order valence-electron chi connectivity index (χ0n) is 17.2. The fourth-order valence-electron chi connectivity index (χ4n) is 5.29. The van der Waals surface area contributed by atoms with Crippen LogP contribution in [0.5, 0.6) is 0 Å². The number of piperidine rings is 1. The Kier molecular flexibility index (Phi) is 5.20. The van der Waals surface area contributed by atoms with Crippen LogP contribution in [0.1, 0.15) is 44.1 Å². The monoisotopic (exact) mass is 411 g/mol. The number of imidazole rings is 1. The number of aromatic nitrogens is 2. The molecule has 4 heterocycles. The highest BCUT2D eigenvalue weighted by atomic mass is 16.5. The number of nitrogens with zero attached hydrogens (tertiary/aromatic N) is 2. The quantitative estimate of drug-likeness (QED) is 0.692. The molecule has 3 N–H and O–H groups in total. The first-order valence-corrected chi connectivity index (χ1v) is 11.0. The van der Waals surface area contributed by atoms with Gasteiger partial charge in [-0.25, -0.2) is 4.98 Å². The van der Waals surface area contributed by atoms with Crippen molar-refractivity contribution in [3.05, 3.63) is 30.1 Å². The van der Waals surface area contributed by atoms with Crippen molar-refractivity contribution in [2.45, 2.75) is 62.8 Å². The maximum atomic E-state index is 13.4. The number of nitrogens with one attached hydrogen (secondary N) is 3. The number of rotatable bonds is 5. The van der Waals surface area contributed by atoms with E-state index in [1.165, 1.54) is 0 Å². The van der Waals surface area contributed by atoms with E-state index in [0.717, 1.165) is 61.8 Å². The molecule has 1 aromatic heterocycles. The van der Waals surface area contributed by atoms with Crippen LogP contribution in [0.2, 0.25) is 0 Å². The maximum absolute atomic E-state index is 13.4. The fraction of sp³-hybridized carbons (Fsp3) is 0.591. The van der Waals surface area contributed by atoms with Crippen LogP contribution < -0.4 is 10.6 Å². The third-order valence-corrected chi connectivity index (χ3v) is 6.83. The van der Waals surface area contributed by atoms with Crippen molar-refractivity contribution in [2.24, 2.45) is 0 Å². The van der Waals surface area contributed by atoms with Crippen molar-refractivity contribution in [1.29, 1.82) is 0 Å². The number of hydrogen-bond donors (Lipinski definition) is 3. The lowest BCUT2D eigenvalue weighted by Crippen LogP contribution is -2.57. The summed E-state index contributed by atoms with van der Waals surface area (Å²) in [6.45, 7) is 2.77. The molecule has 1 aromatic carbocycles. The highest BCUT2D eigenvalue weighted by Gasteiger charge is 2.52. The summed E-state index contributed by atoms with van der Waals surface area (Å²) in [5.74, 6) is 0.0431. The Hall–Kier alpha value is -2.45. The Balaban J connectivity index is 1.25. The topological polar surface area (TPSA) is 99.4 Å². The second kappa shape index (κ2) is 8.00. The summed E-state index contributed by atoms with van der Waals surface area (Å²) in [6.07, 6.45) is 6.70. The Morgan fingerprint density at radius 2 is 2.23 bits per heavy atom. The molecule has 0 aliphatic carbocycles. The summed E-state index contributed by atoms with van der Waals surface area (Å²) >= 11 is 0. The van der Waals surface area contributed by atoms with Crippen LogP contribution in [0.4, 0.5) is 0 Å². The molecule has 0 saturated carbocycles. The SMILES string of the molecule is O=C(N[C@@H]1CN2CCCC[C@@]2(C(=O)NCc2ccc3nc[nH]c3c2)C1)[C@H]1CCCO1. The minimum absolute atomic E-state index is 0.00751. The Labute approximate surface area is 175 Å². The average molecular weight is 412 g/mol. The van der Waals surface area contributed by atoms with Gasteiger partial charge in [0.25, 0.3) is 0 Å². The van der Waals surface area contributed by atoms with E-state index in [-0.39, 0.29) is 24.0 Å². The predicted molar refractivity (Wildman–Crippen MR) is 112 cm³/mol. The molecule has 2 amide bonds. The summed E-state index contributed by atoms with van der Waals surface area (Å²) in [5.41, 5.74) is 2.41. The minimum atomic E-state index is -0.523. The molecule has 8 heteroatoms. The van der Waals surface area contributed by atoms with Gasteiger partial charge in [-0.15, -0.1) is 0 Å². The Morgan fingerprint density at radius 3 is 3.10 bits per heavy atom. The zero-order chi connectivity index (χ0) is 20.6. The van der Waals surface area contributed by atoms with Crippen molar-refractivity contribution >= 4 is 22.8 Å². The predicted octanol–water partition coefficient (Wildman–Crippen LogP) is 1.47. The van der Waals surface area contributed by atoms with Crippen molar-refractivity contribution in [3.8, 4) is 0 Å². The molecule has 3 aliphatic rings. The minimum Gasteiger partial charge on any atom is -0.368 e. The third-order valence-electron chi connectivity index (χ3n) is 6.83. The number of fused-ring (bicyclic) bond motifs is 2. The molecule has 160 valence electrons. The molecule has 0 radical (unpaired) electrons. The molecule has 3 atom stereocenters. The average Bonchev–Trinajstić information content (AvgIpc) is 3.50. The molecular formula is C22H29N5O3. The van der Waals surface area contributed by atoms with Gasteiger partial charge in [0.05, 0.1) is 17.4 Å². The smallest absolute Gasteiger partial charge is 0.249 e. The standard InChI is InChI=1S/C22H29N5O3/c28-20(19-4-3-9-30-19)26-16-11-22(7-1-2-8-27(22)13-16)21(29)23-12-15-5-6-17-18(10-15)25-14-24-17/h5-6,10,14,16,19H,1-4,7-9,11-13H2,(H,23,29)(H,24,25)(H,26,28)/t16-,19+,22-/m0/s1. The zero-order valence-corrected chi connectivity index (χ0v) is 17.2. The second-order valence-electron chi connectivity index (χ2n) is 8.78. The molecule has 0 bridgehead atoms. The van der Waals surface area contributed by atoms with E-state index in [4.69, 9.17) is 4.74 Å². The van der Waals surface area contributed by atoms with Gasteiger partial charge in [0.2, 0.25) is 11.8 Å². The molecule has 0 unspecified atom stereocenters. The highest BCUT2D eigenvalue weighted by Crippen LogP contribution is 2.38. The number of hydrogen-bond acceptors (Lipinski definition) is 5. The van der Waals surface area contributed by atoms with Crippen LogP contribution in [0.15, 0.2) is 24.5 Å². The van der Waals surface area contributed by atoms with Gasteiger partial charge in [-0.2, -0.15) is 0 Å². The summed E-state index contributed by atoms with van der Waals surface area (Å²) in [4.78, 5) is 35.5. The third kappa shape index (κ3) is 3.58. The van der Waals surface area contributed by atoms with Gasteiger partial charge < -0.3 is 20.4 Å². The molecule has 30 heavy (non-hydrogen) atoms. The molecule has 3 fully saturated rings. The highest BCUT2D eigenvalue weighted by molar-refractivity contribution is 5.87. The number of amides is 2. The molecular weight excluding hydrogens is 382 g/mol. The Morgan fingerprint density at radius 1 is 1.30 bits per heavy atom. The lowest BCUT2D eigenvalue weighted by Gasteiger charge is -2.40. The largest absolute Gasteiger partial charge is 0.368 e. The van der Waals surface area contributed by atoms with Crippen LogP contribution in [-0.4, -0.2) is 64.1 Å². The molecule has 5 rings (SSSR count). The number of carbonyl (C=O) groups excluding carboxylic acids is 2. The van der Waals surface area contributed by atoms with Crippen LogP contribution in [0, 0.1) is 0 Å². The number of ether oxygens (including phenoxy) is 1. The summed E-state index contributed by atoms with van der Waals surface area (Å²) in [5, 5.41) is 6.32. The Bertz CT molecular complexity index is 938. The van der Waals surface area contributed by atoms with Gasteiger partial charge in [-0.05, 0) is 62.8 Å². The second-order valence-corrected chi connectivity index (χ2v) is 8.78. The van der Waals surface area contributed by atoms with E-state index in [9.17, 15) is 9.59 Å². The lowest BCUT2D eigenvalue weighted by molar-refractivity contribution is -0.134. The summed E-state index contributed by atoms with van der Waals surface area (Å²) < 4.78 is 5.52. The van der Waals surface area contributed by atoms with Gasteiger partial charge in [0, 0.05) is 25.7 Å². The van der Waals surface area contributed by atoms with E-state index < -0.39 is 5.54 Å². The van der Waals surface area contributed by atoms with Gasteiger partial charge in [-0.3, -0.25) is 14.5 Å². The van der Waals surface area contributed by atoms with Crippen LogP contribution in [0.3, 0.4) is 0 Å².